The Morgan fingerprint density at radius 2 is 1.86 bits per heavy atom. The third kappa shape index (κ3) is 5.72. The van der Waals surface area contributed by atoms with Crippen LogP contribution in [0.15, 0.2) is 58.1 Å². The van der Waals surface area contributed by atoms with E-state index in [9.17, 15) is 0 Å². The first-order chi connectivity index (χ1) is 10.1. The van der Waals surface area contributed by atoms with Gasteiger partial charge in [-0.1, -0.05) is 38.7 Å². The molecule has 0 aliphatic carbocycles. The molecule has 2 heteroatoms. The fraction of sp³-hybridized carbons (Fsp3) is 0.474. The first-order valence-corrected chi connectivity index (χ1v) is 8.81. The van der Waals surface area contributed by atoms with Crippen LogP contribution in [0.25, 0.3) is 0 Å². The number of allylic oxidation sites excluding steroid dienone is 5. The maximum absolute atomic E-state index is 4.17. The fourth-order valence-electron chi connectivity index (χ4n) is 2.38. The number of hydrogen-bond donors (Lipinski definition) is 0. The van der Waals surface area contributed by atoms with Crippen LogP contribution in [0.4, 0.5) is 0 Å². The van der Waals surface area contributed by atoms with Gasteiger partial charge in [0.25, 0.3) is 0 Å². The van der Waals surface area contributed by atoms with Crippen molar-refractivity contribution in [2.45, 2.75) is 34.1 Å². The van der Waals surface area contributed by atoms with Gasteiger partial charge in [-0.05, 0) is 60.6 Å². The number of likely N-dealkylation sites (N-methyl/N-ethyl adjacent to an activating group) is 1. The number of rotatable bonds is 1. The molecule has 0 saturated heterocycles. The molecule has 2 rings (SSSR count). The van der Waals surface area contributed by atoms with Crippen molar-refractivity contribution in [1.29, 1.82) is 0 Å². The molecule has 1 nitrogen and oxygen atoms in total. The first kappa shape index (κ1) is 18.1. The molecular formula is C19H29NS. The van der Waals surface area contributed by atoms with Crippen molar-refractivity contribution >= 4 is 11.8 Å². The fourth-order valence-corrected chi connectivity index (χ4v) is 3.13. The predicted molar refractivity (Wildman–Crippen MR) is 98.7 cm³/mol. The summed E-state index contributed by atoms with van der Waals surface area (Å²) in [6.45, 7) is 14.7. The first-order valence-electron chi connectivity index (χ1n) is 7.83. The molecule has 0 aromatic heterocycles. The highest BCUT2D eigenvalue weighted by Gasteiger charge is 2.12. The Balaban J connectivity index is 0.00000106. The predicted octanol–water partition coefficient (Wildman–Crippen LogP) is 5.35. The molecule has 0 bridgehead atoms. The molecular weight excluding hydrogens is 274 g/mol. The molecule has 116 valence electrons. The van der Waals surface area contributed by atoms with Gasteiger partial charge >= 0.3 is 0 Å². The second kappa shape index (κ2) is 9.11. The van der Waals surface area contributed by atoms with Crippen molar-refractivity contribution in [3.63, 3.8) is 0 Å². The van der Waals surface area contributed by atoms with Gasteiger partial charge in [-0.3, -0.25) is 0 Å². The maximum atomic E-state index is 4.17. The second-order valence-corrected chi connectivity index (χ2v) is 6.60. The molecule has 2 aliphatic rings. The number of nitrogens with zero attached hydrogens (tertiary/aromatic N) is 1. The zero-order chi connectivity index (χ0) is 15.8. The van der Waals surface area contributed by atoms with Gasteiger partial charge in [-0.15, -0.1) is 11.8 Å². The Morgan fingerprint density at radius 3 is 2.52 bits per heavy atom. The third-order valence-corrected chi connectivity index (χ3v) is 4.49. The van der Waals surface area contributed by atoms with Crippen molar-refractivity contribution in [2.75, 3.05) is 25.9 Å². The number of thioether (sulfide) groups is 1. The second-order valence-electron chi connectivity index (χ2n) is 5.33. The van der Waals surface area contributed by atoms with Gasteiger partial charge in [0.05, 0.1) is 0 Å². The summed E-state index contributed by atoms with van der Waals surface area (Å²) < 4.78 is 0. The van der Waals surface area contributed by atoms with Crippen molar-refractivity contribution in [3.05, 3.63) is 58.1 Å². The van der Waals surface area contributed by atoms with Crippen LogP contribution in [-0.4, -0.2) is 30.8 Å². The minimum absolute atomic E-state index is 1.04. The summed E-state index contributed by atoms with van der Waals surface area (Å²) in [5, 5.41) is 0. The van der Waals surface area contributed by atoms with E-state index in [1.165, 1.54) is 28.2 Å². The van der Waals surface area contributed by atoms with Crippen LogP contribution in [0.5, 0.6) is 0 Å². The average Bonchev–Trinajstić information content (AvgIpc) is 2.53. The number of hydrogen-bond acceptors (Lipinski definition) is 2. The van der Waals surface area contributed by atoms with Crippen LogP contribution in [0, 0.1) is 0 Å². The summed E-state index contributed by atoms with van der Waals surface area (Å²) in [6, 6.07) is 0. The molecule has 0 unspecified atom stereocenters. The molecule has 0 N–H and O–H groups in total. The molecule has 0 spiro atoms. The SMILES string of the molecule is C=C1/C=C(/C)SC/C=C(C2=CCCN(C)C2)\C=C/1C.CC. The zero-order valence-corrected chi connectivity index (χ0v) is 15.0. The average molecular weight is 304 g/mol. The highest BCUT2D eigenvalue weighted by Crippen LogP contribution is 2.27. The van der Waals surface area contributed by atoms with E-state index in [4.69, 9.17) is 0 Å². The lowest BCUT2D eigenvalue weighted by atomic mass is 9.97. The van der Waals surface area contributed by atoms with Crippen LogP contribution >= 0.6 is 11.8 Å². The normalized spacial score (nSPS) is 28.1. The minimum atomic E-state index is 1.04. The summed E-state index contributed by atoms with van der Waals surface area (Å²) in [6.07, 6.45) is 10.4. The van der Waals surface area contributed by atoms with Crippen LogP contribution < -0.4 is 0 Å². The summed E-state index contributed by atoms with van der Waals surface area (Å²) in [5.41, 5.74) is 5.23. The molecule has 0 aromatic rings. The molecule has 0 saturated carbocycles. The molecule has 2 aliphatic heterocycles. The van der Waals surface area contributed by atoms with Gasteiger partial charge in [0.1, 0.15) is 0 Å². The minimum Gasteiger partial charge on any atom is -0.302 e. The lowest BCUT2D eigenvalue weighted by Crippen LogP contribution is -2.26. The van der Waals surface area contributed by atoms with Crippen molar-refractivity contribution in [2.24, 2.45) is 0 Å². The Bertz CT molecular complexity index is 492. The van der Waals surface area contributed by atoms with Crippen LogP contribution in [0.2, 0.25) is 0 Å². The molecule has 0 atom stereocenters. The molecule has 0 fully saturated rings. The van der Waals surface area contributed by atoms with Crippen molar-refractivity contribution in [1.82, 2.24) is 4.90 Å². The summed E-state index contributed by atoms with van der Waals surface area (Å²) in [4.78, 5) is 3.72. The monoisotopic (exact) mass is 303 g/mol. The standard InChI is InChI=1S/C17H23NS.C2H6/c1-13-10-15(3)19-9-7-16(11-14(13)2)17-6-5-8-18(4)12-17;1-2/h6-7,10-11H,1,5,8-9,12H2,2-4H3;1-2H3/b14-11-,15-10-,16-7+;. The summed E-state index contributed by atoms with van der Waals surface area (Å²) >= 11 is 1.89. The molecule has 0 radical (unpaired) electrons. The molecule has 0 amide bonds. The van der Waals surface area contributed by atoms with Gasteiger partial charge < -0.3 is 4.90 Å². The summed E-state index contributed by atoms with van der Waals surface area (Å²) in [7, 11) is 2.19. The third-order valence-electron chi connectivity index (χ3n) is 3.58. The zero-order valence-electron chi connectivity index (χ0n) is 14.2. The Hall–Kier alpha value is -0.990. The van der Waals surface area contributed by atoms with Crippen LogP contribution in [0.1, 0.15) is 34.1 Å². The van der Waals surface area contributed by atoms with E-state index in [1.54, 1.807) is 0 Å². The van der Waals surface area contributed by atoms with E-state index in [1.807, 2.05) is 25.6 Å². The van der Waals surface area contributed by atoms with E-state index in [-0.39, 0.29) is 0 Å². The molecule has 0 aromatic carbocycles. The van der Waals surface area contributed by atoms with Gasteiger partial charge in [-0.25, -0.2) is 0 Å². The van der Waals surface area contributed by atoms with Gasteiger partial charge in [0.15, 0.2) is 0 Å². The Labute approximate surface area is 135 Å². The van der Waals surface area contributed by atoms with Gasteiger partial charge in [0.2, 0.25) is 0 Å². The lowest BCUT2D eigenvalue weighted by molar-refractivity contribution is 0.357. The summed E-state index contributed by atoms with van der Waals surface area (Å²) in [5.74, 6) is 1.04. The van der Waals surface area contributed by atoms with Crippen molar-refractivity contribution < 1.29 is 0 Å². The quantitative estimate of drug-likeness (QED) is 0.642. The highest BCUT2D eigenvalue weighted by molar-refractivity contribution is 8.03. The topological polar surface area (TPSA) is 3.24 Å². The van der Waals surface area contributed by atoms with Crippen LogP contribution in [-0.2, 0) is 0 Å². The highest BCUT2D eigenvalue weighted by atomic mass is 32.2. The van der Waals surface area contributed by atoms with E-state index in [0.717, 1.165) is 24.3 Å². The Morgan fingerprint density at radius 1 is 1.14 bits per heavy atom. The van der Waals surface area contributed by atoms with Crippen molar-refractivity contribution in [3.8, 4) is 0 Å². The van der Waals surface area contributed by atoms with Gasteiger partial charge in [0, 0.05) is 18.8 Å². The van der Waals surface area contributed by atoms with E-state index in [2.05, 4.69) is 56.7 Å². The largest absolute Gasteiger partial charge is 0.302 e. The molecule has 21 heavy (non-hydrogen) atoms. The van der Waals surface area contributed by atoms with E-state index in [0.29, 0.717) is 0 Å². The lowest BCUT2D eigenvalue weighted by Gasteiger charge is -2.24. The van der Waals surface area contributed by atoms with E-state index < -0.39 is 0 Å². The van der Waals surface area contributed by atoms with Gasteiger partial charge in [-0.2, -0.15) is 0 Å². The smallest absolute Gasteiger partial charge is 0.0233 e. The maximum Gasteiger partial charge on any atom is 0.0233 e. The van der Waals surface area contributed by atoms with E-state index >= 15 is 0 Å². The molecule has 2 heterocycles. The Kier molecular flexibility index (Phi) is 7.84. The van der Waals surface area contributed by atoms with Crippen LogP contribution in [0.3, 0.4) is 0 Å².